The molecule has 0 bridgehead atoms. The highest BCUT2D eigenvalue weighted by Gasteiger charge is 2.23. The molecule has 0 saturated heterocycles. The Hall–Kier alpha value is -3.56. The lowest BCUT2D eigenvalue weighted by atomic mass is 10.1. The van der Waals surface area contributed by atoms with E-state index in [1.165, 1.54) is 17.8 Å². The van der Waals surface area contributed by atoms with Crippen molar-refractivity contribution < 1.29 is 23.5 Å². The summed E-state index contributed by atoms with van der Waals surface area (Å²) in [6.07, 6.45) is 1.19. The molecule has 3 rings (SSSR count). The minimum absolute atomic E-state index is 0.0599. The van der Waals surface area contributed by atoms with Crippen LogP contribution in [-0.2, 0) is 4.79 Å². The van der Waals surface area contributed by atoms with Crippen LogP contribution in [0.3, 0.4) is 0 Å². The topological polar surface area (TPSA) is 117 Å². The van der Waals surface area contributed by atoms with E-state index in [9.17, 15) is 23.2 Å². The number of carboxylic acids is 1. The van der Waals surface area contributed by atoms with Gasteiger partial charge in [0.25, 0.3) is 5.91 Å². The van der Waals surface area contributed by atoms with Gasteiger partial charge in [0.05, 0.1) is 5.69 Å². The summed E-state index contributed by atoms with van der Waals surface area (Å²) in [4.78, 5) is 39.5. The van der Waals surface area contributed by atoms with Gasteiger partial charge in [-0.05, 0) is 19.1 Å². The minimum atomic E-state index is -1.27. The number of carbonyl (C=O) groups excluding carboxylic acids is 1. The molecule has 0 unspecified atom stereocenters. The summed E-state index contributed by atoms with van der Waals surface area (Å²) in [5.41, 5.74) is -1.12. The van der Waals surface area contributed by atoms with Crippen molar-refractivity contribution in [2.24, 2.45) is 0 Å². The molecule has 0 radical (unpaired) electrons. The summed E-state index contributed by atoms with van der Waals surface area (Å²) >= 11 is 0. The fourth-order valence-electron chi connectivity index (χ4n) is 2.46. The van der Waals surface area contributed by atoms with Crippen molar-refractivity contribution in [1.82, 2.24) is 19.9 Å². The molecule has 0 fully saturated rings. The van der Waals surface area contributed by atoms with Crippen LogP contribution in [0.15, 0.2) is 35.4 Å². The van der Waals surface area contributed by atoms with Gasteiger partial charge in [0.1, 0.15) is 29.6 Å². The number of nitrogens with zero attached hydrogens (tertiary/aromatic N) is 2. The van der Waals surface area contributed by atoms with Crippen LogP contribution in [-0.4, -0.2) is 37.6 Å². The largest absolute Gasteiger partial charge is 0.480 e. The monoisotopic (exact) mass is 362 g/mol. The summed E-state index contributed by atoms with van der Waals surface area (Å²) < 4.78 is 28.2. The molecule has 0 aliphatic heterocycles. The van der Waals surface area contributed by atoms with E-state index in [4.69, 9.17) is 5.11 Å². The van der Waals surface area contributed by atoms with E-state index in [0.717, 1.165) is 18.2 Å². The van der Waals surface area contributed by atoms with Gasteiger partial charge in [-0.2, -0.15) is 0 Å². The first-order chi connectivity index (χ1) is 12.3. The normalized spacial score (nSPS) is 12.1. The van der Waals surface area contributed by atoms with Crippen LogP contribution >= 0.6 is 0 Å². The molecule has 1 amide bonds. The third-order valence-corrected chi connectivity index (χ3v) is 3.67. The molecule has 26 heavy (non-hydrogen) atoms. The molecule has 1 aromatic carbocycles. The summed E-state index contributed by atoms with van der Waals surface area (Å²) in [5.74, 6) is -3.87. The predicted molar refractivity (Wildman–Crippen MR) is 85.7 cm³/mol. The van der Waals surface area contributed by atoms with E-state index >= 15 is 0 Å². The van der Waals surface area contributed by atoms with Crippen molar-refractivity contribution in [1.29, 1.82) is 0 Å². The lowest BCUT2D eigenvalue weighted by molar-refractivity contribution is -0.138. The molecule has 0 spiro atoms. The number of fused-ring (bicyclic) bond motifs is 1. The van der Waals surface area contributed by atoms with Crippen LogP contribution in [0.4, 0.5) is 8.78 Å². The second kappa shape index (κ2) is 6.39. The van der Waals surface area contributed by atoms with Gasteiger partial charge in [-0.15, -0.1) is 0 Å². The Morgan fingerprint density at radius 2 is 1.88 bits per heavy atom. The van der Waals surface area contributed by atoms with E-state index in [2.05, 4.69) is 15.4 Å². The van der Waals surface area contributed by atoms with Crippen molar-refractivity contribution in [2.45, 2.75) is 13.0 Å². The highest BCUT2D eigenvalue weighted by molar-refractivity contribution is 6.01. The SMILES string of the molecule is C[C@@H](NC(=O)c1c(=O)cc(-c2cc(F)cc(F)c2)n2[nH]cnc12)C(=O)O. The van der Waals surface area contributed by atoms with Gasteiger partial charge in [0.15, 0.2) is 11.1 Å². The summed E-state index contributed by atoms with van der Waals surface area (Å²) in [6.45, 7) is 1.24. The molecule has 2 aromatic heterocycles. The van der Waals surface area contributed by atoms with Crippen LogP contribution in [0.5, 0.6) is 0 Å². The molecule has 0 aliphatic rings. The number of hydrogen-bond donors (Lipinski definition) is 3. The maximum absolute atomic E-state index is 13.5. The average Bonchev–Trinajstić information content (AvgIpc) is 3.01. The maximum atomic E-state index is 13.5. The van der Waals surface area contributed by atoms with Crippen LogP contribution in [0.25, 0.3) is 16.9 Å². The fourth-order valence-corrected chi connectivity index (χ4v) is 2.46. The van der Waals surface area contributed by atoms with Gasteiger partial charge in [-0.3, -0.25) is 19.5 Å². The number of carbonyl (C=O) groups is 2. The third-order valence-electron chi connectivity index (χ3n) is 3.67. The Labute approximate surface area is 144 Å². The van der Waals surface area contributed by atoms with Crippen molar-refractivity contribution in [3.8, 4) is 11.3 Å². The molecule has 8 nitrogen and oxygen atoms in total. The van der Waals surface area contributed by atoms with Crippen molar-refractivity contribution in [3.05, 3.63) is 58.0 Å². The number of aromatic amines is 1. The van der Waals surface area contributed by atoms with Gasteiger partial charge in [0.2, 0.25) is 0 Å². The fraction of sp³-hybridized carbons (Fsp3) is 0.125. The Morgan fingerprint density at radius 3 is 2.50 bits per heavy atom. The predicted octanol–water partition coefficient (Wildman–Crippen LogP) is 1.17. The zero-order valence-electron chi connectivity index (χ0n) is 13.3. The standard InChI is InChI=1S/C16H12F2N4O4/c1-7(16(25)26)21-15(24)13-12(23)5-11(22-14(13)19-6-20-22)8-2-9(17)4-10(18)3-8/h2-7H,1H3,(H,19,20)(H,21,24)(H,25,26)/t7-/m1/s1. The number of H-pyrrole nitrogens is 1. The maximum Gasteiger partial charge on any atom is 0.325 e. The van der Waals surface area contributed by atoms with Crippen LogP contribution < -0.4 is 10.7 Å². The Bertz CT molecular complexity index is 1070. The van der Waals surface area contributed by atoms with E-state index in [1.807, 2.05) is 0 Å². The smallest absolute Gasteiger partial charge is 0.325 e. The van der Waals surface area contributed by atoms with Crippen molar-refractivity contribution in [2.75, 3.05) is 0 Å². The lowest BCUT2D eigenvalue weighted by Crippen LogP contribution is -2.40. The van der Waals surface area contributed by atoms with Crippen molar-refractivity contribution in [3.63, 3.8) is 0 Å². The Morgan fingerprint density at radius 1 is 1.23 bits per heavy atom. The second-order valence-electron chi connectivity index (χ2n) is 5.51. The van der Waals surface area contributed by atoms with Crippen LogP contribution in [0.1, 0.15) is 17.3 Å². The van der Waals surface area contributed by atoms with Crippen LogP contribution in [0.2, 0.25) is 0 Å². The zero-order valence-corrected chi connectivity index (χ0v) is 13.3. The third kappa shape index (κ3) is 3.04. The molecule has 2 heterocycles. The first-order valence-electron chi connectivity index (χ1n) is 7.37. The highest BCUT2D eigenvalue weighted by Crippen LogP contribution is 2.22. The van der Waals surface area contributed by atoms with Gasteiger partial charge in [-0.1, -0.05) is 0 Å². The first-order valence-corrected chi connectivity index (χ1v) is 7.37. The van der Waals surface area contributed by atoms with Gasteiger partial charge in [-0.25, -0.2) is 18.3 Å². The quantitative estimate of drug-likeness (QED) is 0.644. The number of amides is 1. The average molecular weight is 362 g/mol. The molecule has 3 aromatic rings. The van der Waals surface area contributed by atoms with Crippen LogP contribution in [0, 0.1) is 11.6 Å². The van der Waals surface area contributed by atoms with E-state index in [-0.39, 0.29) is 22.5 Å². The number of hydrogen-bond acceptors (Lipinski definition) is 4. The molecular formula is C16H12F2N4O4. The van der Waals surface area contributed by atoms with Crippen molar-refractivity contribution >= 4 is 17.5 Å². The van der Waals surface area contributed by atoms with E-state index in [0.29, 0.717) is 6.07 Å². The number of pyridine rings is 1. The Balaban J connectivity index is 2.17. The van der Waals surface area contributed by atoms with Gasteiger partial charge in [0, 0.05) is 17.7 Å². The van der Waals surface area contributed by atoms with E-state index < -0.39 is 35.0 Å². The zero-order chi connectivity index (χ0) is 19.0. The molecule has 0 aliphatic carbocycles. The summed E-state index contributed by atoms with van der Waals surface area (Å²) in [7, 11) is 0. The second-order valence-corrected chi connectivity index (χ2v) is 5.51. The number of halogens is 2. The molecule has 3 N–H and O–H groups in total. The number of benzene rings is 1. The van der Waals surface area contributed by atoms with Gasteiger partial charge >= 0.3 is 5.97 Å². The summed E-state index contributed by atoms with van der Waals surface area (Å²) in [5, 5.41) is 13.7. The minimum Gasteiger partial charge on any atom is -0.480 e. The van der Waals surface area contributed by atoms with Gasteiger partial charge < -0.3 is 10.4 Å². The number of rotatable bonds is 4. The molecule has 10 heteroatoms. The molecule has 134 valence electrons. The molecule has 0 saturated carbocycles. The first kappa shape index (κ1) is 17.3. The van der Waals surface area contributed by atoms with E-state index in [1.54, 1.807) is 0 Å². The number of aromatic nitrogens is 3. The molecular weight excluding hydrogens is 350 g/mol. The number of carboxylic acid groups (broad SMARTS) is 1. The highest BCUT2D eigenvalue weighted by atomic mass is 19.1. The lowest BCUT2D eigenvalue weighted by Gasteiger charge is -2.11. The molecule has 1 atom stereocenters. The Kier molecular flexibility index (Phi) is 4.24. The number of nitrogens with one attached hydrogen (secondary N) is 2. The number of aliphatic carboxylic acids is 1. The summed E-state index contributed by atoms with van der Waals surface area (Å²) in [6, 6.07) is 2.53.